The summed E-state index contributed by atoms with van der Waals surface area (Å²) in [5.74, 6) is 0.126. The van der Waals surface area contributed by atoms with Crippen LogP contribution < -0.4 is 0 Å². The van der Waals surface area contributed by atoms with Gasteiger partial charge in [0, 0.05) is 25.0 Å². The van der Waals surface area contributed by atoms with E-state index in [4.69, 9.17) is 0 Å². The third-order valence-electron chi connectivity index (χ3n) is 4.90. The van der Waals surface area contributed by atoms with E-state index in [0.29, 0.717) is 11.6 Å². The van der Waals surface area contributed by atoms with Crippen LogP contribution in [0.5, 0.6) is 0 Å². The van der Waals surface area contributed by atoms with E-state index >= 15 is 0 Å². The van der Waals surface area contributed by atoms with E-state index in [0.717, 1.165) is 32.4 Å². The summed E-state index contributed by atoms with van der Waals surface area (Å²) in [4.78, 5) is 17.0. The van der Waals surface area contributed by atoms with Crippen molar-refractivity contribution in [2.24, 2.45) is 5.92 Å². The molecule has 1 amide bonds. The fourth-order valence-corrected chi connectivity index (χ4v) is 3.70. The lowest BCUT2D eigenvalue weighted by molar-refractivity contribution is -0.136. The van der Waals surface area contributed by atoms with Crippen LogP contribution in [-0.4, -0.2) is 48.9 Å². The van der Waals surface area contributed by atoms with Gasteiger partial charge in [-0.05, 0) is 57.3 Å². The number of halogens is 1. The Morgan fingerprint density at radius 3 is 2.82 bits per heavy atom. The zero-order valence-electron chi connectivity index (χ0n) is 13.5. The monoisotopic (exact) mass is 304 g/mol. The molecule has 1 aromatic carbocycles. The van der Waals surface area contributed by atoms with Crippen molar-refractivity contribution in [3.63, 3.8) is 0 Å². The van der Waals surface area contributed by atoms with Crippen LogP contribution in [0.4, 0.5) is 4.39 Å². The third kappa shape index (κ3) is 3.17. The van der Waals surface area contributed by atoms with Gasteiger partial charge in [-0.1, -0.05) is 18.2 Å². The van der Waals surface area contributed by atoms with Gasteiger partial charge in [0.2, 0.25) is 5.91 Å². The Balaban J connectivity index is 1.68. The number of piperidine rings is 1. The summed E-state index contributed by atoms with van der Waals surface area (Å²) in [6.07, 6.45) is 4.17. The molecule has 1 saturated carbocycles. The Kier molecular flexibility index (Phi) is 4.48. The molecule has 3 atom stereocenters. The molecule has 1 aromatic rings. The number of likely N-dealkylation sites (tertiary alicyclic amines) is 1. The summed E-state index contributed by atoms with van der Waals surface area (Å²) in [6, 6.07) is 7.19. The van der Waals surface area contributed by atoms with Gasteiger partial charge in [-0.2, -0.15) is 0 Å². The molecule has 22 heavy (non-hydrogen) atoms. The highest BCUT2D eigenvalue weighted by atomic mass is 19.1. The molecule has 0 spiro atoms. The highest BCUT2D eigenvalue weighted by Gasteiger charge is 2.48. The zero-order valence-corrected chi connectivity index (χ0v) is 13.5. The van der Waals surface area contributed by atoms with E-state index < -0.39 is 0 Å². The van der Waals surface area contributed by atoms with E-state index in [1.807, 2.05) is 12.1 Å². The van der Waals surface area contributed by atoms with Crippen molar-refractivity contribution in [1.82, 2.24) is 9.80 Å². The van der Waals surface area contributed by atoms with Crippen LogP contribution in [0.25, 0.3) is 0 Å². The molecule has 1 saturated heterocycles. The topological polar surface area (TPSA) is 23.6 Å². The summed E-state index contributed by atoms with van der Waals surface area (Å²) in [5.41, 5.74) is 0.710. The minimum absolute atomic E-state index is 0.0142. The predicted octanol–water partition coefficient (Wildman–Crippen LogP) is 2.87. The van der Waals surface area contributed by atoms with Crippen LogP contribution in [0, 0.1) is 11.7 Å². The van der Waals surface area contributed by atoms with Crippen LogP contribution >= 0.6 is 0 Å². The van der Waals surface area contributed by atoms with Crippen molar-refractivity contribution in [3.8, 4) is 0 Å². The first-order valence-corrected chi connectivity index (χ1v) is 8.27. The minimum Gasteiger partial charge on any atom is -0.338 e. The SMILES string of the molecule is CN(C)C[C@@H]1CCCCN1C(=O)[C@H]1C[C@@H]1c1ccccc1F. The standard InChI is InChI=1S/C18H25FN2O/c1-20(2)12-13-7-5-6-10-21(13)18(22)16-11-15(16)14-8-3-4-9-17(14)19/h3-4,8-9,13,15-16H,5-7,10-12H2,1-2H3/t13-,15+,16-/m0/s1. The largest absolute Gasteiger partial charge is 0.338 e. The summed E-state index contributed by atoms with van der Waals surface area (Å²) in [5, 5.41) is 0. The molecule has 0 bridgehead atoms. The summed E-state index contributed by atoms with van der Waals surface area (Å²) < 4.78 is 13.9. The van der Waals surface area contributed by atoms with E-state index in [1.165, 1.54) is 12.5 Å². The Hall–Kier alpha value is -1.42. The molecular formula is C18H25FN2O. The Labute approximate surface area is 132 Å². The average molecular weight is 304 g/mol. The van der Waals surface area contributed by atoms with Gasteiger partial charge in [0.25, 0.3) is 0 Å². The number of hydrogen-bond donors (Lipinski definition) is 0. The predicted molar refractivity (Wildman–Crippen MR) is 85.2 cm³/mol. The molecule has 0 radical (unpaired) electrons. The van der Waals surface area contributed by atoms with Crippen LogP contribution in [0.3, 0.4) is 0 Å². The van der Waals surface area contributed by atoms with Crippen LogP contribution in [-0.2, 0) is 4.79 Å². The number of nitrogens with zero attached hydrogens (tertiary/aromatic N) is 2. The van der Waals surface area contributed by atoms with Crippen LogP contribution in [0.2, 0.25) is 0 Å². The summed E-state index contributed by atoms with van der Waals surface area (Å²) >= 11 is 0. The number of hydrogen-bond acceptors (Lipinski definition) is 2. The summed E-state index contributed by atoms with van der Waals surface area (Å²) in [6.45, 7) is 1.78. The van der Waals surface area contributed by atoms with E-state index in [1.54, 1.807) is 6.07 Å². The van der Waals surface area contributed by atoms with Crippen molar-refractivity contribution in [3.05, 3.63) is 35.6 Å². The van der Waals surface area contributed by atoms with Crippen LogP contribution in [0.1, 0.15) is 37.2 Å². The molecule has 0 unspecified atom stereocenters. The number of benzene rings is 1. The van der Waals surface area contributed by atoms with E-state index in [2.05, 4.69) is 23.9 Å². The number of carbonyl (C=O) groups excluding carboxylic acids is 1. The van der Waals surface area contributed by atoms with Gasteiger partial charge in [-0.25, -0.2) is 4.39 Å². The second-order valence-electron chi connectivity index (χ2n) is 6.91. The first kappa shape index (κ1) is 15.5. The second kappa shape index (κ2) is 6.37. The third-order valence-corrected chi connectivity index (χ3v) is 4.90. The van der Waals surface area contributed by atoms with Gasteiger partial charge < -0.3 is 9.80 Å². The highest BCUT2D eigenvalue weighted by molar-refractivity contribution is 5.83. The smallest absolute Gasteiger partial charge is 0.226 e. The lowest BCUT2D eigenvalue weighted by Crippen LogP contribution is -2.49. The van der Waals surface area contributed by atoms with Crippen molar-refractivity contribution >= 4 is 5.91 Å². The fraction of sp³-hybridized carbons (Fsp3) is 0.611. The second-order valence-corrected chi connectivity index (χ2v) is 6.91. The average Bonchev–Trinajstić information content (AvgIpc) is 3.27. The van der Waals surface area contributed by atoms with Crippen LogP contribution in [0.15, 0.2) is 24.3 Å². The van der Waals surface area contributed by atoms with Gasteiger partial charge in [0.1, 0.15) is 5.82 Å². The molecule has 2 aliphatic rings. The van der Waals surface area contributed by atoms with Crippen molar-refractivity contribution in [2.45, 2.75) is 37.6 Å². The maximum absolute atomic E-state index is 13.9. The zero-order chi connectivity index (χ0) is 15.7. The number of carbonyl (C=O) groups is 1. The first-order valence-electron chi connectivity index (χ1n) is 8.27. The number of likely N-dealkylation sites (N-methyl/N-ethyl adjacent to an activating group) is 1. The molecule has 3 nitrogen and oxygen atoms in total. The number of rotatable bonds is 4. The Morgan fingerprint density at radius 1 is 1.32 bits per heavy atom. The molecule has 0 aromatic heterocycles. The normalized spacial score (nSPS) is 28.0. The Bertz CT molecular complexity index is 546. The lowest BCUT2D eigenvalue weighted by Gasteiger charge is -2.37. The fourth-order valence-electron chi connectivity index (χ4n) is 3.70. The van der Waals surface area contributed by atoms with Crippen molar-refractivity contribution < 1.29 is 9.18 Å². The molecule has 2 fully saturated rings. The molecule has 0 N–H and O–H groups in total. The summed E-state index contributed by atoms with van der Waals surface area (Å²) in [7, 11) is 4.10. The maximum Gasteiger partial charge on any atom is 0.226 e. The van der Waals surface area contributed by atoms with E-state index in [9.17, 15) is 9.18 Å². The quantitative estimate of drug-likeness (QED) is 0.854. The van der Waals surface area contributed by atoms with Crippen molar-refractivity contribution in [2.75, 3.05) is 27.2 Å². The molecule has 120 valence electrons. The lowest BCUT2D eigenvalue weighted by atomic mass is 10.00. The molecule has 4 heteroatoms. The van der Waals surface area contributed by atoms with Gasteiger partial charge in [-0.15, -0.1) is 0 Å². The van der Waals surface area contributed by atoms with E-state index in [-0.39, 0.29) is 23.6 Å². The van der Waals surface area contributed by atoms with Crippen molar-refractivity contribution in [1.29, 1.82) is 0 Å². The van der Waals surface area contributed by atoms with Gasteiger partial charge >= 0.3 is 0 Å². The molecule has 1 heterocycles. The minimum atomic E-state index is -0.175. The molecule has 1 aliphatic heterocycles. The molecule has 3 rings (SSSR count). The Morgan fingerprint density at radius 2 is 2.09 bits per heavy atom. The highest BCUT2D eigenvalue weighted by Crippen LogP contribution is 2.49. The molecule has 1 aliphatic carbocycles. The van der Waals surface area contributed by atoms with Gasteiger partial charge in [0.15, 0.2) is 0 Å². The van der Waals surface area contributed by atoms with Gasteiger partial charge in [0.05, 0.1) is 0 Å². The number of amides is 1. The van der Waals surface area contributed by atoms with Gasteiger partial charge in [-0.3, -0.25) is 4.79 Å². The first-order chi connectivity index (χ1) is 10.6. The molecular weight excluding hydrogens is 279 g/mol. The maximum atomic E-state index is 13.9.